The van der Waals surface area contributed by atoms with Crippen molar-refractivity contribution in [1.82, 2.24) is 4.90 Å². The first-order valence-corrected chi connectivity index (χ1v) is 13.6. The minimum absolute atomic E-state index is 0.0570. The average molecular weight is 554 g/mol. The molecule has 0 aliphatic carbocycles. The summed E-state index contributed by atoms with van der Waals surface area (Å²) in [4.78, 5) is 43.3. The topological polar surface area (TPSA) is 111 Å². The molecule has 2 N–H and O–H groups in total. The summed E-state index contributed by atoms with van der Waals surface area (Å²) in [7, 11) is 0. The van der Waals surface area contributed by atoms with Crippen molar-refractivity contribution in [3.05, 3.63) is 70.8 Å². The summed E-state index contributed by atoms with van der Waals surface area (Å²) in [6.07, 6.45) is 4.72. The van der Waals surface area contributed by atoms with Gasteiger partial charge < -0.3 is 24.7 Å². The van der Waals surface area contributed by atoms with Crippen molar-refractivity contribution < 1.29 is 29.3 Å². The number of rotatable bonds is 8. The molecule has 3 amide bonds. The van der Waals surface area contributed by atoms with E-state index in [9.17, 15) is 24.6 Å². The standard InChI is InChI=1S/C29H32ClN3O6/c1-19(5-2-9-26(35)31-12-4-8-23(31)18-34)29(38)24-16-21(30)10-11-25(24)33(27(29)36)17-20-6-3-7-22(15-20)32-13-14-39-28(32)37/h2-3,5-7,10-11,15-16,19,23,34,38H,4,8-9,12-14,17-18H2,1H3/b5-2+/t19-,23+,29+/m1/s1. The van der Waals surface area contributed by atoms with Crippen molar-refractivity contribution in [3.63, 3.8) is 0 Å². The van der Waals surface area contributed by atoms with Gasteiger partial charge in [-0.2, -0.15) is 0 Å². The van der Waals surface area contributed by atoms with Crippen LogP contribution in [0.5, 0.6) is 0 Å². The number of benzene rings is 2. The second-order valence-corrected chi connectivity index (χ2v) is 10.7. The smallest absolute Gasteiger partial charge is 0.414 e. The minimum Gasteiger partial charge on any atom is -0.447 e. The first-order valence-electron chi connectivity index (χ1n) is 13.2. The van der Waals surface area contributed by atoms with Crippen LogP contribution in [0.2, 0.25) is 5.02 Å². The van der Waals surface area contributed by atoms with E-state index in [2.05, 4.69) is 0 Å². The van der Waals surface area contributed by atoms with E-state index in [4.69, 9.17) is 16.3 Å². The van der Waals surface area contributed by atoms with Gasteiger partial charge in [0.2, 0.25) is 5.91 Å². The van der Waals surface area contributed by atoms with Gasteiger partial charge in [0.15, 0.2) is 5.60 Å². The molecule has 0 radical (unpaired) electrons. The van der Waals surface area contributed by atoms with Crippen molar-refractivity contribution in [2.24, 2.45) is 5.92 Å². The third-order valence-electron chi connectivity index (χ3n) is 7.84. The van der Waals surface area contributed by atoms with Gasteiger partial charge in [-0.25, -0.2) is 4.79 Å². The van der Waals surface area contributed by atoms with Gasteiger partial charge in [-0.15, -0.1) is 0 Å². The fraction of sp³-hybridized carbons (Fsp3) is 0.414. The van der Waals surface area contributed by atoms with Gasteiger partial charge in [-0.1, -0.05) is 42.8 Å². The maximum atomic E-state index is 13.8. The Hall–Kier alpha value is -3.40. The van der Waals surface area contributed by atoms with Crippen LogP contribution >= 0.6 is 11.6 Å². The number of ether oxygens (including phenoxy) is 1. The summed E-state index contributed by atoms with van der Waals surface area (Å²) >= 11 is 6.29. The Labute approximate surface area is 232 Å². The van der Waals surface area contributed by atoms with Gasteiger partial charge in [0.05, 0.1) is 31.4 Å². The van der Waals surface area contributed by atoms with Crippen molar-refractivity contribution in [3.8, 4) is 0 Å². The van der Waals surface area contributed by atoms with Gasteiger partial charge in [-0.05, 0) is 48.7 Å². The summed E-state index contributed by atoms with van der Waals surface area (Å²) in [5.41, 5.74) is 0.538. The lowest BCUT2D eigenvalue weighted by atomic mass is 9.83. The monoisotopic (exact) mass is 553 g/mol. The highest BCUT2D eigenvalue weighted by molar-refractivity contribution is 6.31. The Morgan fingerprint density at radius 3 is 2.79 bits per heavy atom. The Morgan fingerprint density at radius 1 is 1.23 bits per heavy atom. The summed E-state index contributed by atoms with van der Waals surface area (Å²) < 4.78 is 5.04. The highest BCUT2D eigenvalue weighted by Gasteiger charge is 2.52. The van der Waals surface area contributed by atoms with Crippen LogP contribution in [0.15, 0.2) is 54.6 Å². The van der Waals surface area contributed by atoms with E-state index in [1.807, 2.05) is 24.3 Å². The number of anilines is 2. The second-order valence-electron chi connectivity index (χ2n) is 10.2. The van der Waals surface area contributed by atoms with E-state index < -0.39 is 23.5 Å². The van der Waals surface area contributed by atoms with Crippen LogP contribution in [0.1, 0.15) is 37.3 Å². The lowest BCUT2D eigenvalue weighted by Gasteiger charge is -2.28. The first-order chi connectivity index (χ1) is 18.7. The van der Waals surface area contributed by atoms with E-state index in [1.165, 1.54) is 4.90 Å². The molecule has 5 rings (SSSR count). The van der Waals surface area contributed by atoms with Crippen LogP contribution in [0.4, 0.5) is 16.2 Å². The van der Waals surface area contributed by atoms with Crippen molar-refractivity contribution >= 4 is 40.9 Å². The Balaban J connectivity index is 1.37. The summed E-state index contributed by atoms with van der Waals surface area (Å²) in [6, 6.07) is 12.2. The molecule has 2 saturated heterocycles. The summed E-state index contributed by atoms with van der Waals surface area (Å²) in [5.74, 6) is -1.24. The molecular formula is C29H32ClN3O6. The van der Waals surface area contributed by atoms with Crippen LogP contribution in [-0.2, 0) is 26.5 Å². The molecule has 0 saturated carbocycles. The fourth-order valence-electron chi connectivity index (χ4n) is 5.69. The van der Waals surface area contributed by atoms with Gasteiger partial charge >= 0.3 is 6.09 Å². The number of amides is 3. The maximum absolute atomic E-state index is 13.8. The fourth-order valence-corrected chi connectivity index (χ4v) is 5.86. The molecule has 0 spiro atoms. The number of carbonyl (C=O) groups excluding carboxylic acids is 3. The number of likely N-dealkylation sites (tertiary alicyclic amines) is 1. The molecule has 10 heteroatoms. The molecule has 2 aromatic carbocycles. The zero-order valence-electron chi connectivity index (χ0n) is 21.8. The van der Waals surface area contributed by atoms with Crippen LogP contribution in [0.3, 0.4) is 0 Å². The number of hydrogen-bond acceptors (Lipinski definition) is 6. The second kappa shape index (κ2) is 11.0. The third kappa shape index (κ3) is 5.02. The number of aliphatic hydroxyl groups is 2. The molecule has 2 aromatic rings. The van der Waals surface area contributed by atoms with Gasteiger partial charge in [-0.3, -0.25) is 14.5 Å². The number of carbonyl (C=O) groups is 3. The quantitative estimate of drug-likeness (QED) is 0.483. The zero-order chi connectivity index (χ0) is 27.7. The van der Waals surface area contributed by atoms with Gasteiger partial charge in [0.25, 0.3) is 5.91 Å². The summed E-state index contributed by atoms with van der Waals surface area (Å²) in [5, 5.41) is 21.8. The highest BCUT2D eigenvalue weighted by Crippen LogP contribution is 2.46. The molecule has 3 aliphatic heterocycles. The predicted octanol–water partition coefficient (Wildman–Crippen LogP) is 3.60. The molecule has 0 bridgehead atoms. The van der Waals surface area contributed by atoms with Crippen molar-refractivity contribution in [1.29, 1.82) is 0 Å². The maximum Gasteiger partial charge on any atom is 0.414 e. The Kier molecular flexibility index (Phi) is 7.66. The number of halogens is 1. The number of fused-ring (bicyclic) bond motifs is 1. The molecule has 3 atom stereocenters. The molecule has 206 valence electrons. The SMILES string of the molecule is C[C@H](/C=C/CC(=O)N1CCC[C@H]1CO)[C@@]1(O)C(=O)N(Cc2cccc(N3CCOC3=O)c2)c2ccc(Cl)cc21. The molecule has 3 aliphatic rings. The molecular weight excluding hydrogens is 522 g/mol. The van der Waals surface area contributed by atoms with Crippen LogP contribution in [0.25, 0.3) is 0 Å². The van der Waals surface area contributed by atoms with E-state index in [0.29, 0.717) is 41.7 Å². The lowest BCUT2D eigenvalue weighted by molar-refractivity contribution is -0.139. The van der Waals surface area contributed by atoms with Crippen molar-refractivity contribution in [2.45, 2.75) is 44.4 Å². The Bertz CT molecular complexity index is 1320. The average Bonchev–Trinajstić information content (AvgIpc) is 3.63. The molecule has 3 heterocycles. The van der Waals surface area contributed by atoms with E-state index in [-0.39, 0.29) is 31.5 Å². The normalized spacial score (nSPS) is 23.6. The third-order valence-corrected chi connectivity index (χ3v) is 8.07. The van der Waals surface area contributed by atoms with E-state index >= 15 is 0 Å². The number of aliphatic hydroxyl groups excluding tert-OH is 1. The van der Waals surface area contributed by atoms with Gasteiger partial charge in [0.1, 0.15) is 6.61 Å². The number of cyclic esters (lactones) is 1. The van der Waals surface area contributed by atoms with E-state index in [1.54, 1.807) is 47.1 Å². The predicted molar refractivity (Wildman–Crippen MR) is 146 cm³/mol. The first kappa shape index (κ1) is 27.2. The molecule has 39 heavy (non-hydrogen) atoms. The van der Waals surface area contributed by atoms with E-state index in [0.717, 1.165) is 18.4 Å². The molecule has 0 aromatic heterocycles. The molecule has 2 fully saturated rings. The molecule has 9 nitrogen and oxygen atoms in total. The van der Waals surface area contributed by atoms with Crippen LogP contribution in [-0.4, -0.2) is 65.4 Å². The molecule has 0 unspecified atom stereocenters. The zero-order valence-corrected chi connectivity index (χ0v) is 22.5. The number of nitrogens with zero attached hydrogens (tertiary/aromatic N) is 3. The number of hydrogen-bond donors (Lipinski definition) is 2. The van der Waals surface area contributed by atoms with Crippen LogP contribution < -0.4 is 9.80 Å². The lowest BCUT2D eigenvalue weighted by Crippen LogP contribution is -2.44. The van der Waals surface area contributed by atoms with Crippen LogP contribution in [0, 0.1) is 5.92 Å². The largest absolute Gasteiger partial charge is 0.447 e. The Morgan fingerprint density at radius 2 is 2.05 bits per heavy atom. The minimum atomic E-state index is -1.88. The van der Waals surface area contributed by atoms with Crippen molar-refractivity contribution in [2.75, 3.05) is 36.1 Å². The summed E-state index contributed by atoms with van der Waals surface area (Å²) in [6.45, 7) is 3.26. The van der Waals surface area contributed by atoms with Gasteiger partial charge in [0, 0.05) is 35.2 Å². The highest BCUT2D eigenvalue weighted by atomic mass is 35.5.